The van der Waals surface area contributed by atoms with E-state index in [2.05, 4.69) is 47.6 Å². The molecule has 1 aromatic rings. The predicted octanol–water partition coefficient (Wildman–Crippen LogP) is 3.80. The molecule has 0 saturated carbocycles. The summed E-state index contributed by atoms with van der Waals surface area (Å²) in [6, 6.07) is 0.437. The van der Waals surface area contributed by atoms with E-state index in [1.165, 1.54) is 11.3 Å². The summed E-state index contributed by atoms with van der Waals surface area (Å²) in [5.41, 5.74) is 1.22. The Balaban J connectivity index is 2.81. The van der Waals surface area contributed by atoms with Gasteiger partial charge in [0.15, 0.2) is 0 Å². The zero-order valence-electron chi connectivity index (χ0n) is 13.2. The monoisotopic (exact) mass is 296 g/mol. The second-order valence-electron chi connectivity index (χ2n) is 5.05. The second-order valence-corrected chi connectivity index (χ2v) is 6.04. The van der Waals surface area contributed by atoms with Gasteiger partial charge in [0.25, 0.3) is 0 Å². The number of anilines is 2. The Hall–Kier alpha value is -0.970. The molecule has 0 spiro atoms. The Kier molecular flexibility index (Phi) is 8.42. The molecule has 1 rings (SSSR count). The quantitative estimate of drug-likeness (QED) is 0.687. The van der Waals surface area contributed by atoms with E-state index in [1.54, 1.807) is 6.33 Å². The first-order valence-corrected chi connectivity index (χ1v) is 8.95. The van der Waals surface area contributed by atoms with Gasteiger partial charge in [-0.05, 0) is 38.2 Å². The lowest BCUT2D eigenvalue weighted by Crippen LogP contribution is -2.19. The maximum atomic E-state index is 4.45. The Labute approximate surface area is 127 Å². The summed E-state index contributed by atoms with van der Waals surface area (Å²) in [5.74, 6) is 3.15. The van der Waals surface area contributed by atoms with Crippen LogP contribution in [0.15, 0.2) is 6.33 Å². The van der Waals surface area contributed by atoms with Gasteiger partial charge >= 0.3 is 0 Å². The summed E-state index contributed by atoms with van der Waals surface area (Å²) in [6.45, 7) is 7.53. The highest BCUT2D eigenvalue weighted by Gasteiger charge is 2.12. The van der Waals surface area contributed by atoms with E-state index in [4.69, 9.17) is 0 Å². The molecule has 0 amide bonds. The number of hydrogen-bond acceptors (Lipinski definition) is 5. The van der Waals surface area contributed by atoms with Gasteiger partial charge in [-0.3, -0.25) is 0 Å². The highest BCUT2D eigenvalue weighted by Crippen LogP contribution is 2.22. The minimum absolute atomic E-state index is 0.437. The van der Waals surface area contributed by atoms with E-state index in [9.17, 15) is 0 Å². The zero-order chi connectivity index (χ0) is 14.8. The summed E-state index contributed by atoms with van der Waals surface area (Å²) in [5, 5.41) is 6.95. The normalized spacial score (nSPS) is 12.2. The number of aromatic nitrogens is 2. The number of rotatable bonds is 10. The van der Waals surface area contributed by atoms with E-state index in [0.717, 1.165) is 43.9 Å². The first-order chi connectivity index (χ1) is 9.72. The van der Waals surface area contributed by atoms with Crippen LogP contribution in [-0.2, 0) is 6.42 Å². The van der Waals surface area contributed by atoms with Crippen LogP contribution in [0.25, 0.3) is 0 Å². The van der Waals surface area contributed by atoms with E-state index in [0.29, 0.717) is 6.04 Å². The first kappa shape index (κ1) is 17.1. The zero-order valence-corrected chi connectivity index (χ0v) is 14.0. The standard InChI is InChI=1S/C15H28N4S/c1-5-7-13-14(16-9-6-2)17-11-18-15(13)19-12(3)8-10-20-4/h11-12H,5-10H2,1-4H3,(H2,16,17,18,19). The van der Waals surface area contributed by atoms with E-state index in [1.807, 2.05) is 11.8 Å². The molecule has 4 nitrogen and oxygen atoms in total. The third-order valence-electron chi connectivity index (χ3n) is 3.13. The molecule has 1 unspecified atom stereocenters. The summed E-state index contributed by atoms with van der Waals surface area (Å²) < 4.78 is 0. The van der Waals surface area contributed by atoms with Gasteiger partial charge in [0, 0.05) is 18.2 Å². The van der Waals surface area contributed by atoms with Crippen LogP contribution < -0.4 is 10.6 Å². The van der Waals surface area contributed by atoms with Crippen molar-refractivity contribution in [3.63, 3.8) is 0 Å². The van der Waals surface area contributed by atoms with Crippen molar-refractivity contribution < 1.29 is 0 Å². The fraction of sp³-hybridized carbons (Fsp3) is 0.733. The molecule has 114 valence electrons. The number of nitrogens with zero attached hydrogens (tertiary/aromatic N) is 2. The van der Waals surface area contributed by atoms with Crippen LogP contribution in [0.3, 0.4) is 0 Å². The number of nitrogens with one attached hydrogen (secondary N) is 2. The smallest absolute Gasteiger partial charge is 0.134 e. The second kappa shape index (κ2) is 9.86. The van der Waals surface area contributed by atoms with Gasteiger partial charge in [-0.15, -0.1) is 0 Å². The maximum Gasteiger partial charge on any atom is 0.134 e. The molecule has 0 bridgehead atoms. The lowest BCUT2D eigenvalue weighted by molar-refractivity contribution is 0.760. The van der Waals surface area contributed by atoms with Gasteiger partial charge < -0.3 is 10.6 Å². The van der Waals surface area contributed by atoms with Crippen molar-refractivity contribution >= 4 is 23.4 Å². The molecule has 1 heterocycles. The van der Waals surface area contributed by atoms with Crippen LogP contribution in [0.1, 0.15) is 45.6 Å². The molecule has 0 aliphatic carbocycles. The molecule has 20 heavy (non-hydrogen) atoms. The average molecular weight is 296 g/mol. The van der Waals surface area contributed by atoms with Gasteiger partial charge in [-0.2, -0.15) is 11.8 Å². The largest absolute Gasteiger partial charge is 0.370 e. The lowest BCUT2D eigenvalue weighted by atomic mass is 10.1. The average Bonchev–Trinajstić information content (AvgIpc) is 2.45. The molecular weight excluding hydrogens is 268 g/mol. The molecule has 1 atom stereocenters. The molecule has 5 heteroatoms. The van der Waals surface area contributed by atoms with Gasteiger partial charge in [-0.25, -0.2) is 9.97 Å². The topological polar surface area (TPSA) is 49.8 Å². The van der Waals surface area contributed by atoms with Gasteiger partial charge in [0.05, 0.1) is 0 Å². The summed E-state index contributed by atoms with van der Waals surface area (Å²) in [7, 11) is 0. The highest BCUT2D eigenvalue weighted by atomic mass is 32.2. The van der Waals surface area contributed by atoms with Crippen LogP contribution >= 0.6 is 11.8 Å². The van der Waals surface area contributed by atoms with Crippen molar-refractivity contribution in [1.29, 1.82) is 0 Å². The van der Waals surface area contributed by atoms with Gasteiger partial charge in [-0.1, -0.05) is 20.3 Å². The Morgan fingerprint density at radius 2 is 1.95 bits per heavy atom. The third kappa shape index (κ3) is 5.57. The molecule has 0 aromatic carbocycles. The first-order valence-electron chi connectivity index (χ1n) is 7.56. The molecule has 0 aliphatic rings. The fourth-order valence-corrected chi connectivity index (χ4v) is 2.61. The lowest BCUT2D eigenvalue weighted by Gasteiger charge is -2.18. The molecule has 2 N–H and O–H groups in total. The van der Waals surface area contributed by atoms with Crippen LogP contribution in [0.2, 0.25) is 0 Å². The number of thioether (sulfide) groups is 1. The van der Waals surface area contributed by atoms with Crippen LogP contribution in [0, 0.1) is 0 Å². The molecular formula is C15H28N4S. The van der Waals surface area contributed by atoms with Crippen molar-refractivity contribution in [2.45, 2.75) is 52.5 Å². The van der Waals surface area contributed by atoms with Crippen molar-refractivity contribution in [2.24, 2.45) is 0 Å². The molecule has 0 saturated heterocycles. The Morgan fingerprint density at radius 1 is 1.20 bits per heavy atom. The highest BCUT2D eigenvalue weighted by molar-refractivity contribution is 7.98. The molecule has 0 radical (unpaired) electrons. The number of hydrogen-bond donors (Lipinski definition) is 2. The van der Waals surface area contributed by atoms with Crippen molar-refractivity contribution in [2.75, 3.05) is 29.2 Å². The summed E-state index contributed by atoms with van der Waals surface area (Å²) in [6.07, 6.45) is 8.15. The minimum atomic E-state index is 0.437. The van der Waals surface area contributed by atoms with Crippen LogP contribution in [0.4, 0.5) is 11.6 Å². The summed E-state index contributed by atoms with van der Waals surface area (Å²) >= 11 is 1.88. The van der Waals surface area contributed by atoms with Crippen LogP contribution in [0.5, 0.6) is 0 Å². The summed E-state index contributed by atoms with van der Waals surface area (Å²) in [4.78, 5) is 8.84. The maximum absolute atomic E-state index is 4.45. The van der Waals surface area contributed by atoms with Crippen molar-refractivity contribution in [3.05, 3.63) is 11.9 Å². The van der Waals surface area contributed by atoms with Gasteiger partial charge in [0.1, 0.15) is 18.0 Å². The minimum Gasteiger partial charge on any atom is -0.370 e. The Morgan fingerprint density at radius 3 is 2.60 bits per heavy atom. The van der Waals surface area contributed by atoms with Crippen molar-refractivity contribution in [1.82, 2.24) is 9.97 Å². The molecule has 0 aliphatic heterocycles. The van der Waals surface area contributed by atoms with E-state index in [-0.39, 0.29) is 0 Å². The predicted molar refractivity (Wildman–Crippen MR) is 90.9 cm³/mol. The van der Waals surface area contributed by atoms with Crippen molar-refractivity contribution in [3.8, 4) is 0 Å². The molecule has 1 aromatic heterocycles. The van der Waals surface area contributed by atoms with E-state index >= 15 is 0 Å². The third-order valence-corrected chi connectivity index (χ3v) is 3.77. The fourth-order valence-electron chi connectivity index (χ4n) is 2.02. The van der Waals surface area contributed by atoms with E-state index < -0.39 is 0 Å². The Bertz CT molecular complexity index is 384. The van der Waals surface area contributed by atoms with Gasteiger partial charge in [0.2, 0.25) is 0 Å². The van der Waals surface area contributed by atoms with Crippen LogP contribution in [-0.4, -0.2) is 34.6 Å². The molecule has 0 fully saturated rings. The SMILES string of the molecule is CCCNc1ncnc(NC(C)CCSC)c1CCC.